The number of aliphatic carboxylic acids is 2. The molecule has 0 bridgehead atoms. The van der Waals surface area contributed by atoms with E-state index in [2.05, 4.69) is 10.6 Å². The smallest absolute Gasteiger partial charge is 0.220 e. The summed E-state index contributed by atoms with van der Waals surface area (Å²) in [5.41, 5.74) is 0. The van der Waals surface area contributed by atoms with Gasteiger partial charge in [0.2, 0.25) is 11.8 Å². The number of hydrogen-bond acceptors (Lipinski definition) is 6. The highest BCUT2D eigenvalue weighted by Gasteiger charge is 2.27. The zero-order valence-electron chi connectivity index (χ0n) is 12.3. The van der Waals surface area contributed by atoms with E-state index in [0.717, 1.165) is 12.8 Å². The van der Waals surface area contributed by atoms with Crippen molar-refractivity contribution in [3.8, 4) is 0 Å². The number of carboxylic acid groups (broad SMARTS) is 2. The number of carboxylic acids is 2. The molecule has 0 heterocycles. The summed E-state index contributed by atoms with van der Waals surface area (Å²) >= 11 is 0. The third kappa shape index (κ3) is 7.05. The Bertz CT molecular complexity index is 397. The molecule has 0 aromatic heterocycles. The number of rotatable bonds is 8. The second-order valence-electron chi connectivity index (χ2n) is 5.38. The lowest BCUT2D eigenvalue weighted by Crippen LogP contribution is -2.53. The molecule has 8 heteroatoms. The van der Waals surface area contributed by atoms with Crippen molar-refractivity contribution in [2.75, 3.05) is 0 Å². The summed E-state index contributed by atoms with van der Waals surface area (Å²) < 4.78 is 0. The summed E-state index contributed by atoms with van der Waals surface area (Å²) in [6.45, 7) is 0. The second-order valence-corrected chi connectivity index (χ2v) is 5.38. The molecule has 0 aromatic rings. The summed E-state index contributed by atoms with van der Waals surface area (Å²) in [6, 6.07) is -0.537. The molecule has 1 aliphatic carbocycles. The first-order valence-electron chi connectivity index (χ1n) is 7.37. The van der Waals surface area contributed by atoms with Gasteiger partial charge in [0.1, 0.15) is 0 Å². The van der Waals surface area contributed by atoms with Gasteiger partial charge < -0.3 is 30.4 Å². The molecule has 22 heavy (non-hydrogen) atoms. The number of amides is 2. The third-order valence-electron chi connectivity index (χ3n) is 3.57. The monoisotopic (exact) mass is 312 g/mol. The van der Waals surface area contributed by atoms with Crippen LogP contribution in [-0.4, -0.2) is 35.8 Å². The normalized spacial score (nSPS) is 20.9. The highest BCUT2D eigenvalue weighted by Crippen LogP contribution is 2.19. The Morgan fingerprint density at radius 3 is 1.41 bits per heavy atom. The van der Waals surface area contributed by atoms with Crippen molar-refractivity contribution < 1.29 is 29.4 Å². The van der Waals surface area contributed by atoms with Gasteiger partial charge in [0.25, 0.3) is 0 Å². The zero-order chi connectivity index (χ0) is 16.5. The molecule has 2 amide bonds. The molecule has 124 valence electrons. The fourth-order valence-corrected chi connectivity index (χ4v) is 2.47. The average molecular weight is 312 g/mol. The minimum Gasteiger partial charge on any atom is -0.550 e. The van der Waals surface area contributed by atoms with E-state index in [1.165, 1.54) is 0 Å². The highest BCUT2D eigenvalue weighted by molar-refractivity contribution is 5.81. The molecule has 0 aromatic carbocycles. The predicted molar refractivity (Wildman–Crippen MR) is 70.8 cm³/mol. The van der Waals surface area contributed by atoms with Crippen LogP contribution in [0.3, 0.4) is 0 Å². The molecule has 0 radical (unpaired) electrons. The van der Waals surface area contributed by atoms with Gasteiger partial charge >= 0.3 is 0 Å². The van der Waals surface area contributed by atoms with Crippen LogP contribution in [0, 0.1) is 0 Å². The van der Waals surface area contributed by atoms with Crippen molar-refractivity contribution in [1.82, 2.24) is 10.6 Å². The van der Waals surface area contributed by atoms with Crippen molar-refractivity contribution in [3.63, 3.8) is 0 Å². The number of nitrogens with one attached hydrogen (secondary N) is 2. The quantitative estimate of drug-likeness (QED) is 0.512. The Balaban J connectivity index is 2.45. The second kappa shape index (κ2) is 9.01. The van der Waals surface area contributed by atoms with Gasteiger partial charge in [-0.05, 0) is 25.7 Å². The molecule has 8 nitrogen and oxygen atoms in total. The fourth-order valence-electron chi connectivity index (χ4n) is 2.47. The van der Waals surface area contributed by atoms with Crippen molar-refractivity contribution in [3.05, 3.63) is 0 Å². The summed E-state index contributed by atoms with van der Waals surface area (Å²) in [5, 5.41) is 26.1. The Hall–Kier alpha value is -2.12. The van der Waals surface area contributed by atoms with Gasteiger partial charge in [0.05, 0.1) is 0 Å². The first kappa shape index (κ1) is 17.9. The van der Waals surface area contributed by atoms with Crippen molar-refractivity contribution in [2.45, 2.75) is 63.5 Å². The van der Waals surface area contributed by atoms with E-state index in [1.807, 2.05) is 0 Å². The topological polar surface area (TPSA) is 138 Å². The van der Waals surface area contributed by atoms with Crippen LogP contribution in [0.5, 0.6) is 0 Å². The van der Waals surface area contributed by atoms with Gasteiger partial charge in [0, 0.05) is 36.9 Å². The van der Waals surface area contributed by atoms with Crippen molar-refractivity contribution >= 4 is 23.8 Å². The zero-order valence-corrected chi connectivity index (χ0v) is 12.3. The van der Waals surface area contributed by atoms with E-state index < -0.39 is 23.8 Å². The lowest BCUT2D eigenvalue weighted by Gasteiger charge is -2.33. The van der Waals surface area contributed by atoms with E-state index in [0.29, 0.717) is 12.8 Å². The van der Waals surface area contributed by atoms with Gasteiger partial charge in [-0.15, -0.1) is 0 Å². The molecule has 0 aliphatic heterocycles. The molecular weight excluding hydrogens is 292 g/mol. The average Bonchev–Trinajstić information content (AvgIpc) is 2.45. The standard InChI is InChI=1S/C14H22N2O6/c17-11(5-7-13(19)20)15-9-3-1-2-4-10(9)16-12(18)6-8-14(21)22/h9-10H,1-8H2,(H,15,17)(H,16,18)(H,19,20)(H,21,22)/p-2/t9-,10-/m1/s1. The van der Waals surface area contributed by atoms with Crippen LogP contribution in [0.2, 0.25) is 0 Å². The molecule has 1 aliphatic rings. The summed E-state index contributed by atoms with van der Waals surface area (Å²) in [5.74, 6) is -3.37. The van der Waals surface area contributed by atoms with Crippen LogP contribution >= 0.6 is 0 Å². The first-order valence-corrected chi connectivity index (χ1v) is 7.37. The molecule has 0 unspecified atom stereocenters. The lowest BCUT2D eigenvalue weighted by molar-refractivity contribution is -0.307. The number of carbonyl (C=O) groups is 4. The Morgan fingerprint density at radius 2 is 1.09 bits per heavy atom. The summed E-state index contributed by atoms with van der Waals surface area (Å²) in [4.78, 5) is 44.0. The van der Waals surface area contributed by atoms with Gasteiger partial charge in [-0.25, -0.2) is 0 Å². The SMILES string of the molecule is O=C([O-])CCC(=O)N[C@@H]1CCCC[C@H]1NC(=O)CCC(=O)[O-]. The fraction of sp³-hybridized carbons (Fsp3) is 0.714. The van der Waals surface area contributed by atoms with Crippen LogP contribution in [0.4, 0.5) is 0 Å². The lowest BCUT2D eigenvalue weighted by atomic mass is 9.90. The van der Waals surface area contributed by atoms with Crippen LogP contribution < -0.4 is 20.8 Å². The van der Waals surface area contributed by atoms with E-state index in [4.69, 9.17) is 0 Å². The van der Waals surface area contributed by atoms with Gasteiger partial charge in [0.15, 0.2) is 0 Å². The maximum Gasteiger partial charge on any atom is 0.220 e. The van der Waals surface area contributed by atoms with E-state index in [-0.39, 0.29) is 37.8 Å². The number of hydrogen-bond donors (Lipinski definition) is 2. The molecule has 0 saturated heterocycles. The van der Waals surface area contributed by atoms with Crippen LogP contribution in [0.15, 0.2) is 0 Å². The van der Waals surface area contributed by atoms with E-state index in [1.54, 1.807) is 0 Å². The van der Waals surface area contributed by atoms with Crippen molar-refractivity contribution in [1.29, 1.82) is 0 Å². The Morgan fingerprint density at radius 1 is 0.727 bits per heavy atom. The molecule has 1 rings (SSSR count). The van der Waals surface area contributed by atoms with Gasteiger partial charge in [-0.3, -0.25) is 9.59 Å². The third-order valence-corrected chi connectivity index (χ3v) is 3.57. The molecule has 0 spiro atoms. The van der Waals surface area contributed by atoms with Crippen molar-refractivity contribution in [2.24, 2.45) is 0 Å². The van der Waals surface area contributed by atoms with E-state index in [9.17, 15) is 29.4 Å². The van der Waals surface area contributed by atoms with Crippen LogP contribution in [0.25, 0.3) is 0 Å². The minimum atomic E-state index is -1.29. The maximum absolute atomic E-state index is 11.7. The highest BCUT2D eigenvalue weighted by atomic mass is 16.4. The van der Waals surface area contributed by atoms with Crippen LogP contribution in [0.1, 0.15) is 51.4 Å². The summed E-state index contributed by atoms with van der Waals surface area (Å²) in [6.07, 6.45) is 2.15. The number of carbonyl (C=O) groups excluding carboxylic acids is 4. The van der Waals surface area contributed by atoms with Gasteiger partial charge in [-0.2, -0.15) is 0 Å². The largest absolute Gasteiger partial charge is 0.550 e. The summed E-state index contributed by atoms with van der Waals surface area (Å²) in [7, 11) is 0. The Labute approximate surface area is 128 Å². The Kier molecular flexibility index (Phi) is 7.34. The first-order chi connectivity index (χ1) is 10.4. The molecule has 1 fully saturated rings. The van der Waals surface area contributed by atoms with Crippen LogP contribution in [-0.2, 0) is 19.2 Å². The van der Waals surface area contributed by atoms with Gasteiger partial charge in [-0.1, -0.05) is 12.8 Å². The maximum atomic E-state index is 11.7. The molecule has 2 N–H and O–H groups in total. The molecule has 2 atom stereocenters. The van der Waals surface area contributed by atoms with E-state index >= 15 is 0 Å². The predicted octanol–water partition coefficient (Wildman–Crippen LogP) is -2.41. The minimum absolute atomic E-state index is 0.163. The molecular formula is C14H20N2O6-2. The molecule has 1 saturated carbocycles.